The SMILES string of the molecule is CC(C)(CCO)CNCc1nc(C(C)(C)C)cs1. The molecule has 1 rings (SSSR count). The molecule has 0 bridgehead atoms. The molecular weight excluding hydrogens is 244 g/mol. The Morgan fingerprint density at radius 3 is 2.44 bits per heavy atom. The predicted octanol–water partition coefficient (Wildman–Crippen LogP) is 2.94. The van der Waals surface area contributed by atoms with E-state index in [-0.39, 0.29) is 17.4 Å². The third-order valence-electron chi connectivity index (χ3n) is 2.99. The molecule has 0 saturated heterocycles. The lowest BCUT2D eigenvalue weighted by molar-refractivity contribution is 0.207. The van der Waals surface area contributed by atoms with Crippen molar-refractivity contribution in [2.24, 2.45) is 5.41 Å². The number of nitrogens with zero attached hydrogens (tertiary/aromatic N) is 1. The molecule has 4 heteroatoms. The molecule has 3 nitrogen and oxygen atoms in total. The van der Waals surface area contributed by atoms with Gasteiger partial charge < -0.3 is 10.4 Å². The number of hydrogen-bond acceptors (Lipinski definition) is 4. The number of hydrogen-bond donors (Lipinski definition) is 2. The van der Waals surface area contributed by atoms with Crippen LogP contribution in [0.15, 0.2) is 5.38 Å². The number of thiazole rings is 1. The van der Waals surface area contributed by atoms with Crippen molar-refractivity contribution in [2.75, 3.05) is 13.2 Å². The van der Waals surface area contributed by atoms with Crippen LogP contribution in [0.4, 0.5) is 0 Å². The summed E-state index contributed by atoms with van der Waals surface area (Å²) in [6.07, 6.45) is 0.825. The van der Waals surface area contributed by atoms with Crippen molar-refractivity contribution in [3.8, 4) is 0 Å². The minimum atomic E-state index is 0.130. The van der Waals surface area contributed by atoms with Crippen LogP contribution in [0.2, 0.25) is 0 Å². The van der Waals surface area contributed by atoms with Crippen LogP contribution in [0.25, 0.3) is 0 Å². The van der Waals surface area contributed by atoms with Crippen LogP contribution in [0, 0.1) is 5.41 Å². The van der Waals surface area contributed by atoms with Crippen LogP contribution in [0.5, 0.6) is 0 Å². The van der Waals surface area contributed by atoms with Gasteiger partial charge in [0.2, 0.25) is 0 Å². The Labute approximate surface area is 115 Å². The highest BCUT2D eigenvalue weighted by Gasteiger charge is 2.19. The Morgan fingerprint density at radius 1 is 1.28 bits per heavy atom. The summed E-state index contributed by atoms with van der Waals surface area (Å²) in [6, 6.07) is 0. The fraction of sp³-hybridized carbons (Fsp3) is 0.786. The maximum absolute atomic E-state index is 8.97. The molecule has 0 amide bonds. The first kappa shape index (κ1) is 15.6. The number of nitrogens with one attached hydrogen (secondary N) is 1. The first-order valence-electron chi connectivity index (χ1n) is 6.51. The van der Waals surface area contributed by atoms with Gasteiger partial charge in [0.25, 0.3) is 0 Å². The minimum absolute atomic E-state index is 0.130. The van der Waals surface area contributed by atoms with E-state index in [0.29, 0.717) is 0 Å². The van der Waals surface area contributed by atoms with E-state index in [9.17, 15) is 0 Å². The number of aliphatic hydroxyl groups is 1. The van der Waals surface area contributed by atoms with E-state index < -0.39 is 0 Å². The largest absolute Gasteiger partial charge is 0.396 e. The van der Waals surface area contributed by atoms with Crippen molar-refractivity contribution < 1.29 is 5.11 Å². The predicted molar refractivity (Wildman–Crippen MR) is 78.0 cm³/mol. The van der Waals surface area contributed by atoms with Gasteiger partial charge in [-0.2, -0.15) is 0 Å². The number of aliphatic hydroxyl groups excluding tert-OH is 1. The first-order chi connectivity index (χ1) is 8.24. The third-order valence-corrected chi connectivity index (χ3v) is 3.84. The summed E-state index contributed by atoms with van der Waals surface area (Å²) < 4.78 is 0. The Hall–Kier alpha value is -0.450. The Balaban J connectivity index is 2.43. The van der Waals surface area contributed by atoms with Gasteiger partial charge in [0.1, 0.15) is 5.01 Å². The van der Waals surface area contributed by atoms with Crippen molar-refractivity contribution in [2.45, 2.75) is 53.0 Å². The van der Waals surface area contributed by atoms with Gasteiger partial charge in [0.15, 0.2) is 0 Å². The average Bonchev–Trinajstić information content (AvgIpc) is 2.65. The van der Waals surface area contributed by atoms with Gasteiger partial charge in [-0.25, -0.2) is 4.98 Å². The average molecular weight is 270 g/mol. The smallest absolute Gasteiger partial charge is 0.107 e. The second kappa shape index (κ2) is 6.13. The van der Waals surface area contributed by atoms with Crippen molar-refractivity contribution in [3.05, 3.63) is 16.1 Å². The van der Waals surface area contributed by atoms with Crippen LogP contribution in [0.1, 0.15) is 51.7 Å². The van der Waals surface area contributed by atoms with E-state index in [0.717, 1.165) is 24.5 Å². The summed E-state index contributed by atoms with van der Waals surface area (Å²) in [5.74, 6) is 0. The van der Waals surface area contributed by atoms with E-state index in [1.807, 2.05) is 0 Å². The Morgan fingerprint density at radius 2 is 1.94 bits per heavy atom. The minimum Gasteiger partial charge on any atom is -0.396 e. The second-order valence-corrected chi connectivity index (χ2v) is 7.56. The van der Waals surface area contributed by atoms with E-state index in [1.54, 1.807) is 11.3 Å². The summed E-state index contributed by atoms with van der Waals surface area (Å²) in [5, 5.41) is 15.7. The lowest BCUT2D eigenvalue weighted by atomic mass is 9.90. The highest BCUT2D eigenvalue weighted by atomic mass is 32.1. The molecular formula is C14H26N2OS. The molecule has 0 atom stereocenters. The molecule has 104 valence electrons. The monoisotopic (exact) mass is 270 g/mol. The third kappa shape index (κ3) is 5.04. The first-order valence-corrected chi connectivity index (χ1v) is 7.39. The zero-order chi connectivity index (χ0) is 13.8. The van der Waals surface area contributed by atoms with E-state index in [4.69, 9.17) is 5.11 Å². The van der Waals surface area contributed by atoms with E-state index in [2.05, 4.69) is 50.3 Å². The van der Waals surface area contributed by atoms with Crippen LogP contribution >= 0.6 is 11.3 Å². The molecule has 1 aromatic rings. The van der Waals surface area contributed by atoms with Gasteiger partial charge in [-0.1, -0.05) is 34.6 Å². The molecule has 0 aromatic carbocycles. The summed E-state index contributed by atoms with van der Waals surface area (Å²) in [4.78, 5) is 4.65. The van der Waals surface area contributed by atoms with Gasteiger partial charge in [0, 0.05) is 30.5 Å². The summed E-state index contributed by atoms with van der Waals surface area (Å²) in [6.45, 7) is 12.8. The Bertz CT molecular complexity index is 366. The number of aromatic nitrogens is 1. The van der Waals surface area contributed by atoms with Gasteiger partial charge in [-0.15, -0.1) is 11.3 Å². The molecule has 0 unspecified atom stereocenters. The van der Waals surface area contributed by atoms with Crippen LogP contribution in [-0.4, -0.2) is 23.2 Å². The topological polar surface area (TPSA) is 45.1 Å². The van der Waals surface area contributed by atoms with Crippen molar-refractivity contribution in [1.29, 1.82) is 0 Å². The van der Waals surface area contributed by atoms with Crippen LogP contribution in [-0.2, 0) is 12.0 Å². The molecule has 18 heavy (non-hydrogen) atoms. The molecule has 0 aliphatic carbocycles. The molecule has 0 fully saturated rings. The lowest BCUT2D eigenvalue weighted by Gasteiger charge is -2.23. The zero-order valence-corrected chi connectivity index (χ0v) is 13.0. The molecule has 0 radical (unpaired) electrons. The molecule has 2 N–H and O–H groups in total. The standard InChI is InChI=1S/C14H26N2OS/c1-13(2,3)11-9-18-12(16-11)8-15-10-14(4,5)6-7-17/h9,15,17H,6-8,10H2,1-5H3. The fourth-order valence-corrected chi connectivity index (χ4v) is 2.63. The van der Waals surface area contributed by atoms with Gasteiger partial charge in [-0.3, -0.25) is 0 Å². The van der Waals surface area contributed by atoms with E-state index in [1.165, 1.54) is 5.69 Å². The summed E-state index contributed by atoms with van der Waals surface area (Å²) >= 11 is 1.72. The molecule has 1 heterocycles. The quantitative estimate of drug-likeness (QED) is 0.835. The highest BCUT2D eigenvalue weighted by Crippen LogP contribution is 2.24. The van der Waals surface area contributed by atoms with Crippen molar-refractivity contribution >= 4 is 11.3 Å². The fourth-order valence-electron chi connectivity index (χ4n) is 1.64. The van der Waals surface area contributed by atoms with Gasteiger partial charge in [-0.05, 0) is 11.8 Å². The summed E-state index contributed by atoms with van der Waals surface area (Å²) in [5.41, 5.74) is 1.43. The zero-order valence-electron chi connectivity index (χ0n) is 12.2. The number of rotatable bonds is 6. The van der Waals surface area contributed by atoms with Crippen molar-refractivity contribution in [3.63, 3.8) is 0 Å². The second-order valence-electron chi connectivity index (χ2n) is 6.62. The molecule has 0 aliphatic heterocycles. The maximum Gasteiger partial charge on any atom is 0.107 e. The molecule has 0 spiro atoms. The lowest BCUT2D eigenvalue weighted by Crippen LogP contribution is -2.29. The van der Waals surface area contributed by atoms with Crippen LogP contribution in [0.3, 0.4) is 0 Å². The van der Waals surface area contributed by atoms with E-state index >= 15 is 0 Å². The normalized spacial score (nSPS) is 13.0. The highest BCUT2D eigenvalue weighted by molar-refractivity contribution is 7.09. The maximum atomic E-state index is 8.97. The molecule has 1 aromatic heterocycles. The van der Waals surface area contributed by atoms with Gasteiger partial charge in [0.05, 0.1) is 5.69 Å². The summed E-state index contributed by atoms with van der Waals surface area (Å²) in [7, 11) is 0. The Kier molecular flexibility index (Phi) is 5.32. The van der Waals surface area contributed by atoms with Crippen LogP contribution < -0.4 is 5.32 Å². The van der Waals surface area contributed by atoms with Gasteiger partial charge >= 0.3 is 0 Å². The molecule has 0 saturated carbocycles. The molecule has 0 aliphatic rings. The van der Waals surface area contributed by atoms with Crippen molar-refractivity contribution in [1.82, 2.24) is 10.3 Å².